The third-order valence-corrected chi connectivity index (χ3v) is 5.35. The second-order valence-corrected chi connectivity index (χ2v) is 7.47. The minimum absolute atomic E-state index is 0.0257. The Labute approximate surface area is 137 Å². The maximum absolute atomic E-state index is 13.8. The van der Waals surface area contributed by atoms with Crippen LogP contribution in [0.4, 0.5) is 4.39 Å². The van der Waals surface area contributed by atoms with Crippen molar-refractivity contribution in [1.82, 2.24) is 9.03 Å². The number of benzene rings is 2. The number of nitrogens with zero attached hydrogens (tertiary/aromatic N) is 1. The largest absolute Gasteiger partial charge is 0.278 e. The lowest BCUT2D eigenvalue weighted by molar-refractivity contribution is 0.440. The predicted molar refractivity (Wildman–Crippen MR) is 90.9 cm³/mol. The lowest BCUT2D eigenvalue weighted by Crippen LogP contribution is -2.38. The molecule has 1 unspecified atom stereocenters. The van der Waals surface area contributed by atoms with E-state index in [1.165, 1.54) is 24.5 Å². The van der Waals surface area contributed by atoms with Crippen LogP contribution < -0.4 is 4.72 Å². The van der Waals surface area contributed by atoms with Gasteiger partial charge in [-0.15, -0.1) is 0 Å². The van der Waals surface area contributed by atoms with Crippen LogP contribution in [0.25, 0.3) is 11.1 Å². The lowest BCUT2D eigenvalue weighted by Gasteiger charge is -2.21. The predicted octanol–water partition coefficient (Wildman–Crippen LogP) is 2.99. The molecule has 0 aromatic heterocycles. The number of halogens is 1. The molecule has 0 aliphatic carbocycles. The monoisotopic (exact) mass is 336 g/mol. The Morgan fingerprint density at radius 1 is 1.13 bits per heavy atom. The number of likely N-dealkylation sites (N-methyl/N-ethyl adjacent to an activating group) is 1. The van der Waals surface area contributed by atoms with Crippen LogP contribution in [0.3, 0.4) is 0 Å². The Balaban J connectivity index is 2.15. The SMILES string of the molecule is CNS(=O)(=O)N(C)CC(C)c1ccc(-c2ccccc2F)cc1. The summed E-state index contributed by atoms with van der Waals surface area (Å²) in [6, 6.07) is 14.2. The van der Waals surface area contributed by atoms with Gasteiger partial charge in [-0.25, -0.2) is 9.11 Å². The molecule has 0 saturated heterocycles. The highest BCUT2D eigenvalue weighted by atomic mass is 32.2. The van der Waals surface area contributed by atoms with Crippen LogP contribution >= 0.6 is 0 Å². The quantitative estimate of drug-likeness (QED) is 0.881. The minimum Gasteiger partial charge on any atom is -0.206 e. The molecule has 0 saturated carbocycles. The number of hydrogen-bond acceptors (Lipinski definition) is 2. The van der Waals surface area contributed by atoms with E-state index in [-0.39, 0.29) is 11.7 Å². The first kappa shape index (κ1) is 17.6. The summed E-state index contributed by atoms with van der Waals surface area (Å²) in [5.74, 6) is -0.231. The summed E-state index contributed by atoms with van der Waals surface area (Å²) in [7, 11) is -0.498. The minimum atomic E-state index is -3.42. The zero-order valence-corrected chi connectivity index (χ0v) is 14.3. The Bertz CT molecular complexity index is 760. The molecule has 0 bridgehead atoms. The third-order valence-electron chi connectivity index (χ3n) is 3.86. The second-order valence-electron chi connectivity index (χ2n) is 5.49. The molecule has 2 aromatic carbocycles. The molecular weight excluding hydrogens is 315 g/mol. The fourth-order valence-corrected chi connectivity index (χ4v) is 3.16. The van der Waals surface area contributed by atoms with Gasteiger partial charge in [-0.3, -0.25) is 0 Å². The molecule has 4 nitrogen and oxygen atoms in total. The van der Waals surface area contributed by atoms with Crippen LogP contribution in [0.15, 0.2) is 48.5 Å². The number of hydrogen-bond donors (Lipinski definition) is 1. The van der Waals surface area contributed by atoms with Gasteiger partial charge in [0.05, 0.1) is 0 Å². The van der Waals surface area contributed by atoms with Crippen LogP contribution in [-0.4, -0.2) is 33.4 Å². The van der Waals surface area contributed by atoms with Crippen molar-refractivity contribution in [2.24, 2.45) is 0 Å². The average molecular weight is 336 g/mol. The van der Waals surface area contributed by atoms with Gasteiger partial charge in [-0.05, 0) is 23.1 Å². The summed E-state index contributed by atoms with van der Waals surface area (Å²) in [4.78, 5) is 0. The topological polar surface area (TPSA) is 49.4 Å². The van der Waals surface area contributed by atoms with Crippen molar-refractivity contribution in [2.75, 3.05) is 20.6 Å². The Morgan fingerprint density at radius 2 is 1.74 bits per heavy atom. The fraction of sp³-hybridized carbons (Fsp3) is 0.294. The maximum atomic E-state index is 13.8. The summed E-state index contributed by atoms with van der Waals surface area (Å²) in [5, 5.41) is 0. The molecule has 0 fully saturated rings. The first-order valence-corrected chi connectivity index (χ1v) is 8.79. The van der Waals surface area contributed by atoms with Crippen LogP contribution in [-0.2, 0) is 10.2 Å². The van der Waals surface area contributed by atoms with E-state index < -0.39 is 10.2 Å². The smallest absolute Gasteiger partial charge is 0.206 e. The van der Waals surface area contributed by atoms with Gasteiger partial charge in [0.1, 0.15) is 5.82 Å². The van der Waals surface area contributed by atoms with E-state index >= 15 is 0 Å². The van der Waals surface area contributed by atoms with E-state index in [0.29, 0.717) is 12.1 Å². The molecule has 1 atom stereocenters. The van der Waals surface area contributed by atoms with Crippen LogP contribution in [0, 0.1) is 5.82 Å². The Morgan fingerprint density at radius 3 is 2.30 bits per heavy atom. The zero-order valence-electron chi connectivity index (χ0n) is 13.5. The van der Waals surface area contributed by atoms with Gasteiger partial charge >= 0.3 is 0 Å². The standard InChI is InChI=1S/C17H21FN2O2S/c1-13(12-20(3)23(21,22)19-2)14-8-10-15(11-9-14)16-6-4-5-7-17(16)18/h4-11,13,19H,12H2,1-3H3. The van der Waals surface area contributed by atoms with E-state index in [1.807, 2.05) is 31.2 Å². The van der Waals surface area contributed by atoms with Gasteiger partial charge in [0.25, 0.3) is 10.2 Å². The first-order chi connectivity index (χ1) is 10.8. The van der Waals surface area contributed by atoms with E-state index in [9.17, 15) is 12.8 Å². The molecule has 124 valence electrons. The van der Waals surface area contributed by atoms with Gasteiger partial charge in [0, 0.05) is 26.2 Å². The van der Waals surface area contributed by atoms with Crippen molar-refractivity contribution in [1.29, 1.82) is 0 Å². The van der Waals surface area contributed by atoms with E-state index in [2.05, 4.69) is 4.72 Å². The van der Waals surface area contributed by atoms with Gasteiger partial charge in [-0.1, -0.05) is 49.4 Å². The van der Waals surface area contributed by atoms with Crippen molar-refractivity contribution in [3.63, 3.8) is 0 Å². The highest BCUT2D eigenvalue weighted by Crippen LogP contribution is 2.25. The molecule has 2 rings (SSSR count). The van der Waals surface area contributed by atoms with Crippen molar-refractivity contribution in [3.05, 3.63) is 59.9 Å². The molecule has 2 aromatic rings. The normalized spacial score (nSPS) is 13.3. The summed E-state index contributed by atoms with van der Waals surface area (Å²) >= 11 is 0. The zero-order chi connectivity index (χ0) is 17.0. The molecule has 0 heterocycles. The summed E-state index contributed by atoms with van der Waals surface area (Å²) in [6.45, 7) is 2.32. The van der Waals surface area contributed by atoms with Crippen LogP contribution in [0.1, 0.15) is 18.4 Å². The van der Waals surface area contributed by atoms with Gasteiger partial charge in [0.2, 0.25) is 0 Å². The maximum Gasteiger partial charge on any atom is 0.278 e. The Hall–Kier alpha value is -1.76. The molecule has 0 radical (unpaired) electrons. The van der Waals surface area contributed by atoms with E-state index in [1.54, 1.807) is 18.2 Å². The molecule has 1 N–H and O–H groups in total. The number of rotatable bonds is 6. The summed E-state index contributed by atoms with van der Waals surface area (Å²) in [5.41, 5.74) is 2.36. The molecule has 0 spiro atoms. The molecule has 0 amide bonds. The van der Waals surface area contributed by atoms with Crippen molar-refractivity contribution in [2.45, 2.75) is 12.8 Å². The van der Waals surface area contributed by atoms with Gasteiger partial charge < -0.3 is 0 Å². The van der Waals surface area contributed by atoms with Crippen molar-refractivity contribution < 1.29 is 12.8 Å². The molecule has 0 aliphatic rings. The van der Waals surface area contributed by atoms with Crippen molar-refractivity contribution in [3.8, 4) is 11.1 Å². The van der Waals surface area contributed by atoms with Gasteiger partial charge in [0.15, 0.2) is 0 Å². The third kappa shape index (κ3) is 4.16. The highest BCUT2D eigenvalue weighted by molar-refractivity contribution is 7.87. The fourth-order valence-electron chi connectivity index (χ4n) is 2.43. The average Bonchev–Trinajstić information content (AvgIpc) is 2.55. The summed E-state index contributed by atoms with van der Waals surface area (Å²) in [6.07, 6.45) is 0. The molecule has 0 aliphatic heterocycles. The lowest BCUT2D eigenvalue weighted by atomic mass is 9.97. The first-order valence-electron chi connectivity index (χ1n) is 7.35. The molecular formula is C17H21FN2O2S. The van der Waals surface area contributed by atoms with Crippen LogP contribution in [0.5, 0.6) is 0 Å². The van der Waals surface area contributed by atoms with Crippen molar-refractivity contribution >= 4 is 10.2 Å². The van der Waals surface area contributed by atoms with E-state index in [0.717, 1.165) is 11.1 Å². The highest BCUT2D eigenvalue weighted by Gasteiger charge is 2.18. The number of nitrogens with one attached hydrogen (secondary N) is 1. The summed E-state index contributed by atoms with van der Waals surface area (Å²) < 4.78 is 40.8. The second kappa shape index (κ2) is 7.21. The van der Waals surface area contributed by atoms with Gasteiger partial charge in [-0.2, -0.15) is 12.7 Å². The molecule has 6 heteroatoms. The molecule has 23 heavy (non-hydrogen) atoms. The van der Waals surface area contributed by atoms with Crippen LogP contribution in [0.2, 0.25) is 0 Å². The van der Waals surface area contributed by atoms with E-state index in [4.69, 9.17) is 0 Å². The Kier molecular flexibility index (Phi) is 5.51.